The number of methoxy groups -OCH3 is 1. The third-order valence-corrected chi connectivity index (χ3v) is 2.56. The van der Waals surface area contributed by atoms with E-state index in [9.17, 15) is 0 Å². The second kappa shape index (κ2) is 4.15. The van der Waals surface area contributed by atoms with Crippen molar-refractivity contribution in [1.82, 2.24) is 4.98 Å². The minimum Gasteiger partial charge on any atom is -0.481 e. The Kier molecular flexibility index (Phi) is 3.34. The van der Waals surface area contributed by atoms with Crippen LogP contribution >= 0.6 is 11.6 Å². The molecule has 1 aromatic heterocycles. The Bertz CT molecular complexity index is 326. The highest BCUT2D eigenvalue weighted by Crippen LogP contribution is 2.34. The first kappa shape index (κ1) is 11.3. The molecule has 0 fully saturated rings. The second-order valence-corrected chi connectivity index (χ2v) is 4.17. The molecule has 0 atom stereocenters. The zero-order chi connectivity index (χ0) is 10.8. The van der Waals surface area contributed by atoms with Crippen LogP contribution in [-0.2, 0) is 5.41 Å². The third-order valence-electron chi connectivity index (χ3n) is 2.25. The number of hydrogen-bond acceptors (Lipinski definition) is 3. The van der Waals surface area contributed by atoms with Gasteiger partial charge >= 0.3 is 0 Å². The second-order valence-electron chi connectivity index (χ2n) is 3.77. The average molecular weight is 215 g/mol. The van der Waals surface area contributed by atoms with E-state index in [0.29, 0.717) is 17.4 Å². The number of nitrogens with two attached hydrogens (primary N) is 1. The molecule has 0 aliphatic heterocycles. The zero-order valence-electron chi connectivity index (χ0n) is 8.67. The van der Waals surface area contributed by atoms with Crippen LogP contribution in [0.2, 0.25) is 5.02 Å². The van der Waals surface area contributed by atoms with E-state index in [1.54, 1.807) is 19.4 Å². The summed E-state index contributed by atoms with van der Waals surface area (Å²) < 4.78 is 5.16. The predicted molar refractivity (Wildman–Crippen MR) is 57.9 cm³/mol. The smallest absolute Gasteiger partial charge is 0.218 e. The maximum absolute atomic E-state index is 6.10. The molecule has 1 rings (SSSR count). The fourth-order valence-electron chi connectivity index (χ4n) is 1.29. The number of rotatable bonds is 3. The van der Waals surface area contributed by atoms with Gasteiger partial charge in [0.05, 0.1) is 12.1 Å². The summed E-state index contributed by atoms with van der Waals surface area (Å²) in [5, 5.41) is 0.646. The Balaban J connectivity index is 3.30. The third kappa shape index (κ3) is 1.99. The fraction of sp³-hybridized carbons (Fsp3) is 0.500. The normalized spacial score (nSPS) is 11.5. The lowest BCUT2D eigenvalue weighted by Crippen LogP contribution is -2.29. The maximum Gasteiger partial charge on any atom is 0.218 e. The van der Waals surface area contributed by atoms with E-state index in [4.69, 9.17) is 22.1 Å². The van der Waals surface area contributed by atoms with E-state index in [1.807, 2.05) is 13.8 Å². The summed E-state index contributed by atoms with van der Waals surface area (Å²) in [4.78, 5) is 4.11. The Hall–Kier alpha value is -0.800. The Labute approximate surface area is 89.2 Å². The monoisotopic (exact) mass is 214 g/mol. The summed E-state index contributed by atoms with van der Waals surface area (Å²) in [6.45, 7) is 4.52. The molecule has 0 unspecified atom stereocenters. The SMILES string of the molecule is COc1nccc(Cl)c1C(C)(C)CN. The van der Waals surface area contributed by atoms with Gasteiger partial charge in [-0.05, 0) is 6.07 Å². The standard InChI is InChI=1S/C10H15ClN2O/c1-10(2,6-12)8-7(11)4-5-13-9(8)14-3/h4-5H,6,12H2,1-3H3. The lowest BCUT2D eigenvalue weighted by atomic mass is 9.85. The van der Waals surface area contributed by atoms with Gasteiger partial charge in [-0.3, -0.25) is 0 Å². The van der Waals surface area contributed by atoms with Crippen molar-refractivity contribution in [2.24, 2.45) is 5.73 Å². The number of halogens is 1. The van der Waals surface area contributed by atoms with E-state index < -0.39 is 0 Å². The molecule has 0 amide bonds. The molecule has 78 valence electrons. The summed E-state index contributed by atoms with van der Waals surface area (Å²) in [5.74, 6) is 0.549. The van der Waals surface area contributed by atoms with Crippen LogP contribution in [0.4, 0.5) is 0 Å². The van der Waals surface area contributed by atoms with Gasteiger partial charge in [-0.25, -0.2) is 4.98 Å². The summed E-state index contributed by atoms with van der Waals surface area (Å²) in [5.41, 5.74) is 6.33. The van der Waals surface area contributed by atoms with Gasteiger partial charge in [0.15, 0.2) is 0 Å². The van der Waals surface area contributed by atoms with E-state index in [1.165, 1.54) is 0 Å². The lowest BCUT2D eigenvalue weighted by Gasteiger charge is -2.25. The molecule has 0 aromatic carbocycles. The first-order chi connectivity index (χ1) is 6.53. The molecular weight excluding hydrogens is 200 g/mol. The number of hydrogen-bond donors (Lipinski definition) is 1. The van der Waals surface area contributed by atoms with Gasteiger partial charge in [0.2, 0.25) is 5.88 Å². The highest BCUT2D eigenvalue weighted by Gasteiger charge is 2.26. The molecule has 0 saturated carbocycles. The van der Waals surface area contributed by atoms with Crippen LogP contribution in [0.1, 0.15) is 19.4 Å². The number of nitrogens with zero attached hydrogens (tertiary/aromatic N) is 1. The average Bonchev–Trinajstić information content (AvgIpc) is 2.17. The molecule has 1 heterocycles. The molecule has 0 saturated heterocycles. The fourth-order valence-corrected chi connectivity index (χ4v) is 1.68. The number of pyridine rings is 1. The summed E-state index contributed by atoms with van der Waals surface area (Å²) in [7, 11) is 1.58. The highest BCUT2D eigenvalue weighted by molar-refractivity contribution is 6.31. The largest absolute Gasteiger partial charge is 0.481 e. The molecule has 0 spiro atoms. The van der Waals surface area contributed by atoms with Gasteiger partial charge < -0.3 is 10.5 Å². The van der Waals surface area contributed by atoms with Crippen molar-refractivity contribution >= 4 is 11.6 Å². The van der Waals surface area contributed by atoms with Gasteiger partial charge in [-0.1, -0.05) is 25.4 Å². The molecule has 0 aliphatic rings. The van der Waals surface area contributed by atoms with Gasteiger partial charge in [0.25, 0.3) is 0 Å². The van der Waals surface area contributed by atoms with E-state index in [2.05, 4.69) is 4.98 Å². The van der Waals surface area contributed by atoms with E-state index in [-0.39, 0.29) is 5.41 Å². The van der Waals surface area contributed by atoms with Crippen LogP contribution in [0.5, 0.6) is 5.88 Å². The van der Waals surface area contributed by atoms with Crippen molar-refractivity contribution in [3.63, 3.8) is 0 Å². The molecule has 3 nitrogen and oxygen atoms in total. The van der Waals surface area contributed by atoms with Crippen molar-refractivity contribution in [3.05, 3.63) is 22.8 Å². The van der Waals surface area contributed by atoms with Gasteiger partial charge in [-0.2, -0.15) is 0 Å². The minimum absolute atomic E-state index is 0.226. The van der Waals surface area contributed by atoms with Crippen LogP contribution in [0.25, 0.3) is 0 Å². The van der Waals surface area contributed by atoms with Crippen LogP contribution in [0.3, 0.4) is 0 Å². The molecule has 2 N–H and O–H groups in total. The predicted octanol–water partition coefficient (Wildman–Crippen LogP) is 1.98. The topological polar surface area (TPSA) is 48.1 Å². The van der Waals surface area contributed by atoms with Crippen LogP contribution < -0.4 is 10.5 Å². The first-order valence-corrected chi connectivity index (χ1v) is 4.79. The van der Waals surface area contributed by atoms with Crippen LogP contribution in [0, 0.1) is 0 Å². The molecule has 0 bridgehead atoms. The lowest BCUT2D eigenvalue weighted by molar-refractivity contribution is 0.377. The molecule has 1 aromatic rings. The zero-order valence-corrected chi connectivity index (χ0v) is 9.43. The maximum atomic E-state index is 6.10. The number of ether oxygens (including phenoxy) is 1. The molecule has 14 heavy (non-hydrogen) atoms. The van der Waals surface area contributed by atoms with Crippen molar-refractivity contribution in [2.75, 3.05) is 13.7 Å². The molecule has 0 radical (unpaired) electrons. The van der Waals surface area contributed by atoms with Crippen LogP contribution in [-0.4, -0.2) is 18.6 Å². The summed E-state index contributed by atoms with van der Waals surface area (Å²) in [6.07, 6.45) is 1.62. The summed E-state index contributed by atoms with van der Waals surface area (Å²) >= 11 is 6.10. The van der Waals surface area contributed by atoms with E-state index in [0.717, 1.165) is 5.56 Å². The van der Waals surface area contributed by atoms with E-state index >= 15 is 0 Å². The van der Waals surface area contributed by atoms with Crippen molar-refractivity contribution in [3.8, 4) is 5.88 Å². The Morgan fingerprint density at radius 2 is 2.21 bits per heavy atom. The van der Waals surface area contributed by atoms with Crippen LogP contribution in [0.15, 0.2) is 12.3 Å². The molecule has 4 heteroatoms. The van der Waals surface area contributed by atoms with Gasteiger partial charge in [0.1, 0.15) is 0 Å². The van der Waals surface area contributed by atoms with Gasteiger partial charge in [-0.15, -0.1) is 0 Å². The highest BCUT2D eigenvalue weighted by atomic mass is 35.5. The van der Waals surface area contributed by atoms with Crippen molar-refractivity contribution in [1.29, 1.82) is 0 Å². The number of aromatic nitrogens is 1. The Morgan fingerprint density at radius 1 is 1.57 bits per heavy atom. The molecule has 0 aliphatic carbocycles. The Morgan fingerprint density at radius 3 is 2.71 bits per heavy atom. The quantitative estimate of drug-likeness (QED) is 0.837. The van der Waals surface area contributed by atoms with Gasteiger partial charge in [0, 0.05) is 23.7 Å². The molecular formula is C10H15ClN2O. The van der Waals surface area contributed by atoms with Crippen molar-refractivity contribution in [2.45, 2.75) is 19.3 Å². The van der Waals surface area contributed by atoms with Crippen molar-refractivity contribution < 1.29 is 4.74 Å². The minimum atomic E-state index is -0.226. The summed E-state index contributed by atoms with van der Waals surface area (Å²) in [6, 6.07) is 1.75. The first-order valence-electron chi connectivity index (χ1n) is 4.42.